The lowest BCUT2D eigenvalue weighted by atomic mass is 9.86. The van der Waals surface area contributed by atoms with Crippen LogP contribution in [0.4, 0.5) is 13.2 Å². The molecule has 0 atom stereocenters. The third kappa shape index (κ3) is 3.84. The van der Waals surface area contributed by atoms with Crippen molar-refractivity contribution in [2.45, 2.75) is 32.5 Å². The molecule has 0 heterocycles. The molecule has 1 aromatic carbocycles. The van der Waals surface area contributed by atoms with Crippen molar-refractivity contribution < 1.29 is 22.6 Å². The standard InChI is InChI=1S/C12H15F3O2/c1-11(2,3)9-6-5-8(7-10(9)16-4)17-12(13,14)15/h5-7H,1-4H3. The number of rotatable bonds is 2. The fraction of sp³-hybridized carbons (Fsp3) is 0.500. The molecule has 0 saturated heterocycles. The van der Waals surface area contributed by atoms with Gasteiger partial charge in [0, 0.05) is 6.07 Å². The molecule has 96 valence electrons. The summed E-state index contributed by atoms with van der Waals surface area (Å²) in [6, 6.07) is 4.12. The highest BCUT2D eigenvalue weighted by Gasteiger charge is 2.31. The van der Waals surface area contributed by atoms with Crippen molar-refractivity contribution in [2.24, 2.45) is 0 Å². The molecule has 0 aliphatic carbocycles. The average molecular weight is 248 g/mol. The van der Waals surface area contributed by atoms with E-state index in [0.29, 0.717) is 5.75 Å². The first-order valence-electron chi connectivity index (χ1n) is 5.08. The Bertz CT molecular complexity index is 392. The number of methoxy groups -OCH3 is 1. The number of hydrogen-bond acceptors (Lipinski definition) is 2. The second kappa shape index (κ2) is 4.47. The molecule has 1 aromatic rings. The Morgan fingerprint density at radius 3 is 2.06 bits per heavy atom. The maximum absolute atomic E-state index is 12.0. The molecular weight excluding hydrogens is 233 g/mol. The van der Waals surface area contributed by atoms with Gasteiger partial charge in [-0.25, -0.2) is 0 Å². The molecule has 0 bridgehead atoms. The van der Waals surface area contributed by atoms with E-state index < -0.39 is 6.36 Å². The van der Waals surface area contributed by atoms with Gasteiger partial charge in [-0.05, 0) is 17.0 Å². The summed E-state index contributed by atoms with van der Waals surface area (Å²) < 4.78 is 45.1. The number of alkyl halides is 3. The Labute approximate surface area is 98.3 Å². The van der Waals surface area contributed by atoms with E-state index in [9.17, 15) is 13.2 Å². The SMILES string of the molecule is COc1cc(OC(F)(F)F)ccc1C(C)(C)C. The zero-order valence-electron chi connectivity index (χ0n) is 10.2. The van der Waals surface area contributed by atoms with Crippen molar-refractivity contribution >= 4 is 0 Å². The molecule has 0 amide bonds. The van der Waals surface area contributed by atoms with Gasteiger partial charge >= 0.3 is 6.36 Å². The summed E-state index contributed by atoms with van der Waals surface area (Å²) in [5.74, 6) is 0.113. The van der Waals surface area contributed by atoms with Crippen LogP contribution in [0.3, 0.4) is 0 Å². The van der Waals surface area contributed by atoms with Gasteiger partial charge in [-0.15, -0.1) is 13.2 Å². The van der Waals surface area contributed by atoms with E-state index in [2.05, 4.69) is 4.74 Å². The molecule has 0 N–H and O–H groups in total. The van der Waals surface area contributed by atoms with E-state index in [1.54, 1.807) is 6.07 Å². The molecule has 0 radical (unpaired) electrons. The van der Waals surface area contributed by atoms with E-state index in [1.165, 1.54) is 19.2 Å². The lowest BCUT2D eigenvalue weighted by Gasteiger charge is -2.22. The van der Waals surface area contributed by atoms with Crippen LogP contribution in [-0.4, -0.2) is 13.5 Å². The first-order chi connectivity index (χ1) is 7.63. The summed E-state index contributed by atoms with van der Waals surface area (Å²) in [6.07, 6.45) is -4.69. The molecular formula is C12H15F3O2. The third-order valence-corrected chi connectivity index (χ3v) is 2.21. The number of halogens is 3. The topological polar surface area (TPSA) is 18.5 Å². The molecule has 0 aromatic heterocycles. The molecule has 0 saturated carbocycles. The molecule has 0 aliphatic heterocycles. The summed E-state index contributed by atoms with van der Waals surface area (Å²) in [4.78, 5) is 0. The van der Waals surface area contributed by atoms with Gasteiger partial charge in [-0.2, -0.15) is 0 Å². The Balaban J connectivity index is 3.09. The van der Waals surface area contributed by atoms with Crippen LogP contribution in [0.5, 0.6) is 11.5 Å². The predicted octanol–water partition coefficient (Wildman–Crippen LogP) is 3.89. The third-order valence-electron chi connectivity index (χ3n) is 2.21. The van der Waals surface area contributed by atoms with Crippen LogP contribution in [0.25, 0.3) is 0 Å². The largest absolute Gasteiger partial charge is 0.573 e. The quantitative estimate of drug-likeness (QED) is 0.790. The fourth-order valence-electron chi connectivity index (χ4n) is 1.49. The molecule has 5 heteroatoms. The zero-order chi connectivity index (χ0) is 13.3. The van der Waals surface area contributed by atoms with Gasteiger partial charge in [-0.1, -0.05) is 26.8 Å². The summed E-state index contributed by atoms with van der Waals surface area (Å²) in [6.45, 7) is 5.86. The second-order valence-corrected chi connectivity index (χ2v) is 4.66. The average Bonchev–Trinajstić information content (AvgIpc) is 2.13. The summed E-state index contributed by atoms with van der Waals surface area (Å²) >= 11 is 0. The van der Waals surface area contributed by atoms with Gasteiger partial charge in [0.15, 0.2) is 0 Å². The predicted molar refractivity (Wildman–Crippen MR) is 58.4 cm³/mol. The number of benzene rings is 1. The minimum Gasteiger partial charge on any atom is -0.496 e. The Morgan fingerprint density at radius 2 is 1.65 bits per heavy atom. The molecule has 1 rings (SSSR count). The molecule has 17 heavy (non-hydrogen) atoms. The fourth-order valence-corrected chi connectivity index (χ4v) is 1.49. The maximum Gasteiger partial charge on any atom is 0.573 e. The number of hydrogen-bond donors (Lipinski definition) is 0. The van der Waals surface area contributed by atoms with E-state index in [0.717, 1.165) is 5.56 Å². The lowest BCUT2D eigenvalue weighted by molar-refractivity contribution is -0.274. The minimum absolute atomic E-state index is 0.206. The van der Waals surface area contributed by atoms with E-state index >= 15 is 0 Å². The van der Waals surface area contributed by atoms with E-state index in [1.807, 2.05) is 20.8 Å². The summed E-state index contributed by atoms with van der Waals surface area (Å²) in [5.41, 5.74) is 0.622. The normalized spacial score (nSPS) is 12.4. The zero-order valence-corrected chi connectivity index (χ0v) is 10.2. The first kappa shape index (κ1) is 13.7. The van der Waals surface area contributed by atoms with Gasteiger partial charge < -0.3 is 9.47 Å². The van der Waals surface area contributed by atoms with Crippen molar-refractivity contribution in [3.63, 3.8) is 0 Å². The van der Waals surface area contributed by atoms with Crippen LogP contribution in [-0.2, 0) is 5.41 Å². The van der Waals surface area contributed by atoms with Crippen LogP contribution in [0, 0.1) is 0 Å². The van der Waals surface area contributed by atoms with Gasteiger partial charge in [0.1, 0.15) is 11.5 Å². The Hall–Kier alpha value is -1.39. The minimum atomic E-state index is -4.69. The molecule has 0 aliphatic rings. The van der Waals surface area contributed by atoms with Crippen LogP contribution in [0.1, 0.15) is 26.3 Å². The van der Waals surface area contributed by atoms with Crippen LogP contribution in [0.2, 0.25) is 0 Å². The van der Waals surface area contributed by atoms with Gasteiger partial charge in [0.2, 0.25) is 0 Å². The van der Waals surface area contributed by atoms with Crippen molar-refractivity contribution in [1.82, 2.24) is 0 Å². The summed E-state index contributed by atoms with van der Waals surface area (Å²) in [5, 5.41) is 0. The monoisotopic (exact) mass is 248 g/mol. The Kier molecular flexibility index (Phi) is 3.59. The first-order valence-corrected chi connectivity index (χ1v) is 5.08. The highest BCUT2D eigenvalue weighted by molar-refractivity contribution is 5.44. The van der Waals surface area contributed by atoms with Crippen LogP contribution in [0.15, 0.2) is 18.2 Å². The van der Waals surface area contributed by atoms with Crippen LogP contribution < -0.4 is 9.47 Å². The van der Waals surface area contributed by atoms with Crippen molar-refractivity contribution in [1.29, 1.82) is 0 Å². The molecule has 2 nitrogen and oxygen atoms in total. The van der Waals surface area contributed by atoms with Crippen molar-refractivity contribution in [3.8, 4) is 11.5 Å². The summed E-state index contributed by atoms with van der Waals surface area (Å²) in [7, 11) is 1.42. The van der Waals surface area contributed by atoms with E-state index in [-0.39, 0.29) is 11.2 Å². The number of ether oxygens (including phenoxy) is 2. The second-order valence-electron chi connectivity index (χ2n) is 4.66. The molecule has 0 fully saturated rings. The maximum atomic E-state index is 12.0. The van der Waals surface area contributed by atoms with Crippen molar-refractivity contribution in [2.75, 3.05) is 7.11 Å². The lowest BCUT2D eigenvalue weighted by Crippen LogP contribution is -2.18. The molecule has 0 unspecified atom stereocenters. The van der Waals surface area contributed by atoms with Gasteiger partial charge in [0.25, 0.3) is 0 Å². The highest BCUT2D eigenvalue weighted by atomic mass is 19.4. The van der Waals surface area contributed by atoms with Gasteiger partial charge in [0.05, 0.1) is 7.11 Å². The highest BCUT2D eigenvalue weighted by Crippen LogP contribution is 2.35. The van der Waals surface area contributed by atoms with Crippen LogP contribution >= 0.6 is 0 Å². The van der Waals surface area contributed by atoms with Crippen molar-refractivity contribution in [3.05, 3.63) is 23.8 Å². The smallest absolute Gasteiger partial charge is 0.496 e. The molecule has 0 spiro atoms. The van der Waals surface area contributed by atoms with Gasteiger partial charge in [-0.3, -0.25) is 0 Å². The van der Waals surface area contributed by atoms with E-state index in [4.69, 9.17) is 4.74 Å². The Morgan fingerprint density at radius 1 is 1.06 bits per heavy atom.